The van der Waals surface area contributed by atoms with Crippen LogP contribution in [0.5, 0.6) is 0 Å². The molecule has 3 heterocycles. The molecule has 0 spiro atoms. The minimum absolute atomic E-state index is 0.257. The van der Waals surface area contributed by atoms with Crippen molar-refractivity contribution in [3.05, 3.63) is 70.8 Å². The van der Waals surface area contributed by atoms with Gasteiger partial charge in [-0.3, -0.25) is 4.98 Å². The van der Waals surface area contributed by atoms with Gasteiger partial charge in [-0.15, -0.1) is 11.3 Å². The highest BCUT2D eigenvalue weighted by Gasteiger charge is 2.29. The van der Waals surface area contributed by atoms with Crippen LogP contribution in [0.15, 0.2) is 64.2 Å². The maximum atomic E-state index is 13.9. The molecule has 10 heteroatoms. The Kier molecular flexibility index (Phi) is 5.83. The van der Waals surface area contributed by atoms with Crippen LogP contribution < -0.4 is 0 Å². The first kappa shape index (κ1) is 22.8. The number of aliphatic hydroxyl groups is 1. The molecule has 0 aliphatic carbocycles. The van der Waals surface area contributed by atoms with Crippen molar-refractivity contribution >= 4 is 37.1 Å². The van der Waals surface area contributed by atoms with Gasteiger partial charge in [0.1, 0.15) is 17.1 Å². The molecule has 3 aromatic heterocycles. The van der Waals surface area contributed by atoms with E-state index in [0.717, 1.165) is 21.5 Å². The van der Waals surface area contributed by atoms with Crippen molar-refractivity contribution in [2.24, 2.45) is 0 Å². The van der Waals surface area contributed by atoms with Crippen LogP contribution in [-0.2, 0) is 15.4 Å². The quantitative estimate of drug-likeness (QED) is 0.379. The first-order valence-corrected chi connectivity index (χ1v) is 13.0. The molecule has 0 aliphatic heterocycles. The van der Waals surface area contributed by atoms with Crippen LogP contribution in [0.25, 0.3) is 26.7 Å². The molecule has 0 aliphatic rings. The third-order valence-electron chi connectivity index (χ3n) is 4.75. The maximum Gasteiger partial charge on any atom is 0.175 e. The lowest BCUT2D eigenvalue weighted by Gasteiger charge is -2.14. The van der Waals surface area contributed by atoms with Gasteiger partial charge >= 0.3 is 0 Å². The molecule has 0 atom stereocenters. The van der Waals surface area contributed by atoms with E-state index in [4.69, 9.17) is 0 Å². The number of aromatic nitrogens is 3. The summed E-state index contributed by atoms with van der Waals surface area (Å²) in [5, 5.41) is 15.1. The van der Waals surface area contributed by atoms with E-state index >= 15 is 0 Å². The van der Waals surface area contributed by atoms with Gasteiger partial charge in [0.15, 0.2) is 9.84 Å². The third-order valence-corrected chi connectivity index (χ3v) is 7.77. The summed E-state index contributed by atoms with van der Waals surface area (Å²) in [5.41, 5.74) is 1.11. The van der Waals surface area contributed by atoms with Gasteiger partial charge < -0.3 is 5.11 Å². The van der Waals surface area contributed by atoms with E-state index < -0.39 is 21.3 Å². The van der Waals surface area contributed by atoms with Gasteiger partial charge in [0.25, 0.3) is 0 Å². The van der Waals surface area contributed by atoms with Crippen molar-refractivity contribution in [1.82, 2.24) is 14.8 Å². The number of rotatable bonds is 5. The summed E-state index contributed by atoms with van der Waals surface area (Å²) in [6.45, 7) is 3.25. The van der Waals surface area contributed by atoms with Crippen molar-refractivity contribution in [1.29, 1.82) is 0 Å². The first-order chi connectivity index (χ1) is 14.9. The summed E-state index contributed by atoms with van der Waals surface area (Å²) in [7, 11) is -3.27. The van der Waals surface area contributed by atoms with Gasteiger partial charge in [0.2, 0.25) is 0 Å². The summed E-state index contributed by atoms with van der Waals surface area (Å²) in [4.78, 5) is 5.92. The summed E-state index contributed by atoms with van der Waals surface area (Å²) >= 11 is 5.04. The minimum Gasteiger partial charge on any atom is -0.384 e. The van der Waals surface area contributed by atoms with Crippen LogP contribution in [0.3, 0.4) is 0 Å². The standard InChI is InChI=1S/C22H19BrFN3O3S2/c1-22(2,28)21-19(23)20(27(26-21)15-10-14(24)11-25-12-15)18-9-8-17(31-18)13-4-6-16(7-5-13)32(3,29)30/h4-12,28H,1-3H3. The molecule has 0 amide bonds. The zero-order chi connectivity index (χ0) is 23.3. The Morgan fingerprint density at radius 2 is 1.75 bits per heavy atom. The predicted molar refractivity (Wildman–Crippen MR) is 126 cm³/mol. The lowest BCUT2D eigenvalue weighted by Crippen LogP contribution is -2.17. The average Bonchev–Trinajstić information content (AvgIpc) is 3.31. The molecule has 0 radical (unpaired) electrons. The summed E-state index contributed by atoms with van der Waals surface area (Å²) in [6.07, 6.45) is 3.78. The zero-order valence-corrected chi connectivity index (χ0v) is 20.6. The smallest absolute Gasteiger partial charge is 0.175 e. The summed E-state index contributed by atoms with van der Waals surface area (Å²) in [5.74, 6) is -0.497. The van der Waals surface area contributed by atoms with E-state index in [0.29, 0.717) is 21.5 Å². The van der Waals surface area contributed by atoms with Crippen molar-refractivity contribution < 1.29 is 17.9 Å². The lowest BCUT2D eigenvalue weighted by atomic mass is 10.1. The molecule has 6 nitrogen and oxygen atoms in total. The number of hydrogen-bond acceptors (Lipinski definition) is 6. The van der Waals surface area contributed by atoms with E-state index in [1.807, 2.05) is 12.1 Å². The number of pyridine rings is 1. The number of thiophene rings is 1. The molecule has 1 aromatic carbocycles. The number of benzene rings is 1. The van der Waals surface area contributed by atoms with Gasteiger partial charge in [0.05, 0.1) is 38.0 Å². The van der Waals surface area contributed by atoms with Crippen LogP contribution in [0.4, 0.5) is 4.39 Å². The molecule has 32 heavy (non-hydrogen) atoms. The van der Waals surface area contributed by atoms with Crippen molar-refractivity contribution in [3.63, 3.8) is 0 Å². The number of nitrogens with zero attached hydrogens (tertiary/aromatic N) is 3. The Labute approximate surface area is 197 Å². The van der Waals surface area contributed by atoms with Crippen molar-refractivity contribution in [2.45, 2.75) is 24.3 Å². The van der Waals surface area contributed by atoms with Crippen molar-refractivity contribution in [2.75, 3.05) is 6.26 Å². The molecule has 166 valence electrons. The molecule has 0 bridgehead atoms. The van der Waals surface area contributed by atoms with Crippen LogP contribution in [0.2, 0.25) is 0 Å². The number of halogens is 2. The molecular formula is C22H19BrFN3O3S2. The fourth-order valence-corrected chi connectivity index (χ4v) is 5.95. The molecule has 0 unspecified atom stereocenters. The second-order valence-corrected chi connectivity index (χ2v) is 11.7. The molecule has 4 aromatic rings. The van der Waals surface area contributed by atoms with E-state index in [1.165, 1.54) is 29.9 Å². The minimum atomic E-state index is -3.27. The van der Waals surface area contributed by atoms with Gasteiger partial charge in [-0.25, -0.2) is 17.5 Å². The Hall–Kier alpha value is -2.40. The van der Waals surface area contributed by atoms with Crippen LogP contribution in [0.1, 0.15) is 19.5 Å². The predicted octanol–water partition coefficient (Wildman–Crippen LogP) is 5.20. The van der Waals surface area contributed by atoms with E-state index in [2.05, 4.69) is 26.0 Å². The highest BCUT2D eigenvalue weighted by molar-refractivity contribution is 9.10. The lowest BCUT2D eigenvalue weighted by molar-refractivity contribution is 0.0727. The molecule has 4 rings (SSSR count). The third kappa shape index (κ3) is 4.40. The van der Waals surface area contributed by atoms with E-state index in [9.17, 15) is 17.9 Å². The Morgan fingerprint density at radius 1 is 1.09 bits per heavy atom. The monoisotopic (exact) mass is 535 g/mol. The van der Waals surface area contributed by atoms with E-state index in [-0.39, 0.29) is 4.90 Å². The Balaban J connectivity index is 1.84. The Bertz CT molecular complexity index is 1410. The van der Waals surface area contributed by atoms with Crippen molar-refractivity contribution in [3.8, 4) is 26.7 Å². The fourth-order valence-electron chi connectivity index (χ4n) is 3.19. The van der Waals surface area contributed by atoms with Gasteiger partial charge in [-0.2, -0.15) is 5.10 Å². The largest absolute Gasteiger partial charge is 0.384 e. The topological polar surface area (TPSA) is 85.1 Å². The second-order valence-electron chi connectivity index (χ2n) is 7.80. The molecule has 0 saturated carbocycles. The first-order valence-electron chi connectivity index (χ1n) is 9.48. The number of sulfone groups is 1. The highest BCUT2D eigenvalue weighted by Crippen LogP contribution is 2.42. The summed E-state index contributed by atoms with van der Waals surface area (Å²) < 4.78 is 39.5. The van der Waals surface area contributed by atoms with Crippen LogP contribution >= 0.6 is 27.3 Å². The number of hydrogen-bond donors (Lipinski definition) is 1. The summed E-state index contributed by atoms with van der Waals surface area (Å²) in [6, 6.07) is 11.8. The molecule has 1 N–H and O–H groups in total. The molecule has 0 fully saturated rings. The molecule has 0 saturated heterocycles. The van der Waals surface area contributed by atoms with Crippen LogP contribution in [0, 0.1) is 5.82 Å². The normalized spacial score (nSPS) is 12.3. The van der Waals surface area contributed by atoms with Crippen LogP contribution in [-0.4, -0.2) is 34.5 Å². The zero-order valence-electron chi connectivity index (χ0n) is 17.4. The van der Waals surface area contributed by atoms with Gasteiger partial charge in [-0.1, -0.05) is 12.1 Å². The van der Waals surface area contributed by atoms with Gasteiger partial charge in [-0.05, 0) is 59.6 Å². The highest BCUT2D eigenvalue weighted by atomic mass is 79.9. The maximum absolute atomic E-state index is 13.9. The second kappa shape index (κ2) is 8.18. The fraction of sp³-hybridized carbons (Fsp3) is 0.182. The Morgan fingerprint density at radius 3 is 2.34 bits per heavy atom. The van der Waals surface area contributed by atoms with E-state index in [1.54, 1.807) is 42.8 Å². The average molecular weight is 536 g/mol. The van der Waals surface area contributed by atoms with Gasteiger partial charge in [0, 0.05) is 17.2 Å². The SMILES string of the molecule is CC(C)(O)c1nn(-c2cncc(F)c2)c(-c2ccc(-c3ccc(S(C)(=O)=O)cc3)s2)c1Br. The molecular weight excluding hydrogens is 517 g/mol.